The Kier molecular flexibility index (Phi) is 4.36. The molecule has 20 heavy (non-hydrogen) atoms. The van der Waals surface area contributed by atoms with Crippen LogP contribution >= 0.6 is 0 Å². The van der Waals surface area contributed by atoms with Gasteiger partial charge in [0.1, 0.15) is 5.82 Å². The molecule has 1 saturated heterocycles. The van der Waals surface area contributed by atoms with Crippen molar-refractivity contribution in [3.8, 4) is 0 Å². The molecule has 2 rings (SSSR count). The molecule has 0 radical (unpaired) electrons. The number of sulfonamides is 1. The van der Waals surface area contributed by atoms with E-state index >= 15 is 0 Å². The first kappa shape index (κ1) is 15.3. The molecule has 7 nitrogen and oxygen atoms in total. The van der Waals surface area contributed by atoms with Gasteiger partial charge in [0.2, 0.25) is 10.0 Å². The lowest BCUT2D eigenvalue weighted by atomic mass is 10.1. The number of piperidine rings is 1. The average Bonchev–Trinajstić information content (AvgIpc) is 2.38. The van der Waals surface area contributed by atoms with Crippen LogP contribution in [0, 0.1) is 0 Å². The van der Waals surface area contributed by atoms with Crippen LogP contribution in [0.25, 0.3) is 0 Å². The van der Waals surface area contributed by atoms with Crippen molar-refractivity contribution in [2.24, 2.45) is 4.99 Å². The summed E-state index contributed by atoms with van der Waals surface area (Å²) in [6.45, 7) is 3.09. The largest absolute Gasteiger partial charge is 0.369 e. The molecular formula is C12H23N5O2S. The van der Waals surface area contributed by atoms with Gasteiger partial charge >= 0.3 is 0 Å². The van der Waals surface area contributed by atoms with Gasteiger partial charge in [0.15, 0.2) is 5.79 Å². The van der Waals surface area contributed by atoms with Gasteiger partial charge < -0.3 is 10.6 Å². The maximum Gasteiger partial charge on any atom is 0.211 e. The minimum atomic E-state index is -3.06. The highest BCUT2D eigenvalue weighted by molar-refractivity contribution is 7.88. The summed E-state index contributed by atoms with van der Waals surface area (Å²) in [6.07, 6.45) is 6.53. The molecule has 2 aliphatic heterocycles. The summed E-state index contributed by atoms with van der Waals surface area (Å²) < 4.78 is 24.5. The predicted octanol–water partition coefficient (Wildman–Crippen LogP) is -0.591. The van der Waals surface area contributed by atoms with Gasteiger partial charge in [-0.15, -0.1) is 0 Å². The highest BCUT2D eigenvalue weighted by Crippen LogP contribution is 2.15. The van der Waals surface area contributed by atoms with Crippen molar-refractivity contribution in [1.82, 2.24) is 20.3 Å². The van der Waals surface area contributed by atoms with Crippen LogP contribution in [-0.4, -0.2) is 57.2 Å². The van der Waals surface area contributed by atoms with Crippen LogP contribution in [0.5, 0.6) is 0 Å². The lowest BCUT2D eigenvalue weighted by molar-refractivity contribution is 0.282. The van der Waals surface area contributed by atoms with Crippen LogP contribution in [0.4, 0.5) is 0 Å². The van der Waals surface area contributed by atoms with Gasteiger partial charge in [0.25, 0.3) is 0 Å². The van der Waals surface area contributed by atoms with Crippen molar-refractivity contribution < 1.29 is 8.42 Å². The van der Waals surface area contributed by atoms with Crippen LogP contribution in [0.2, 0.25) is 0 Å². The summed E-state index contributed by atoms with van der Waals surface area (Å²) in [5.74, 6) is 0.416. The fraction of sp³-hybridized carbons (Fsp3) is 0.750. The molecule has 0 aromatic carbocycles. The van der Waals surface area contributed by atoms with E-state index in [9.17, 15) is 8.42 Å². The summed E-state index contributed by atoms with van der Waals surface area (Å²) >= 11 is 0. The monoisotopic (exact) mass is 301 g/mol. The number of rotatable bonds is 4. The van der Waals surface area contributed by atoms with Gasteiger partial charge in [0, 0.05) is 25.3 Å². The molecule has 0 aliphatic carbocycles. The first-order valence-corrected chi connectivity index (χ1v) is 8.61. The third-order valence-electron chi connectivity index (χ3n) is 3.72. The Morgan fingerprint density at radius 1 is 1.45 bits per heavy atom. The summed E-state index contributed by atoms with van der Waals surface area (Å²) in [5, 5.41) is 9.79. The zero-order valence-corrected chi connectivity index (χ0v) is 13.0. The number of hydrogen-bond donors (Lipinski definition) is 3. The van der Waals surface area contributed by atoms with E-state index < -0.39 is 15.8 Å². The molecule has 1 unspecified atom stereocenters. The minimum absolute atomic E-state index is 0.277. The Morgan fingerprint density at radius 3 is 2.65 bits per heavy atom. The van der Waals surface area contributed by atoms with Crippen molar-refractivity contribution in [2.75, 3.05) is 26.4 Å². The van der Waals surface area contributed by atoms with E-state index in [4.69, 9.17) is 0 Å². The molecule has 0 spiro atoms. The quantitative estimate of drug-likeness (QED) is 0.646. The standard InChI is InChI=1S/C12H23N5O2S/c1-12(13-2)14-7-4-11(16-12)15-10-5-8-17(9-6-10)20(3,18)19/h4,7,10,13,15-16H,5-6,8-9H2,1-3H3. The highest BCUT2D eigenvalue weighted by Gasteiger charge is 2.27. The van der Waals surface area contributed by atoms with Crippen molar-refractivity contribution in [3.63, 3.8) is 0 Å². The zero-order chi connectivity index (χ0) is 14.8. The van der Waals surface area contributed by atoms with E-state index in [1.54, 1.807) is 6.21 Å². The molecule has 0 aromatic heterocycles. The predicted molar refractivity (Wildman–Crippen MR) is 79.7 cm³/mol. The normalized spacial score (nSPS) is 28.9. The third-order valence-corrected chi connectivity index (χ3v) is 5.02. The van der Waals surface area contributed by atoms with E-state index in [-0.39, 0.29) is 6.04 Å². The van der Waals surface area contributed by atoms with Crippen molar-refractivity contribution >= 4 is 16.2 Å². The maximum atomic E-state index is 11.5. The summed E-state index contributed by atoms with van der Waals surface area (Å²) in [7, 11) is -1.22. The molecule has 8 heteroatoms. The van der Waals surface area contributed by atoms with Crippen molar-refractivity contribution in [1.29, 1.82) is 0 Å². The molecule has 1 fully saturated rings. The molecule has 1 atom stereocenters. The Labute approximate surface area is 120 Å². The first-order valence-electron chi connectivity index (χ1n) is 6.77. The minimum Gasteiger partial charge on any atom is -0.369 e. The number of allylic oxidation sites excluding steroid dienone is 1. The molecule has 0 aromatic rings. The van der Waals surface area contributed by atoms with Gasteiger partial charge in [-0.3, -0.25) is 10.3 Å². The van der Waals surface area contributed by atoms with Gasteiger partial charge in [-0.2, -0.15) is 0 Å². The number of aliphatic imine (C=N–C) groups is 1. The summed E-state index contributed by atoms with van der Waals surface area (Å²) in [6, 6.07) is 0.277. The third kappa shape index (κ3) is 3.71. The molecule has 2 heterocycles. The van der Waals surface area contributed by atoms with Crippen molar-refractivity contribution in [2.45, 2.75) is 31.6 Å². The second-order valence-corrected chi connectivity index (χ2v) is 7.37. The molecule has 114 valence electrons. The van der Waals surface area contributed by atoms with Gasteiger partial charge in [-0.1, -0.05) is 0 Å². The van der Waals surface area contributed by atoms with Crippen LogP contribution in [0.1, 0.15) is 19.8 Å². The Hall–Kier alpha value is -1.12. The molecular weight excluding hydrogens is 278 g/mol. The Bertz CT molecular complexity index is 508. The second-order valence-electron chi connectivity index (χ2n) is 5.39. The van der Waals surface area contributed by atoms with Gasteiger partial charge in [-0.05, 0) is 32.9 Å². The van der Waals surface area contributed by atoms with E-state index in [1.807, 2.05) is 20.0 Å². The van der Waals surface area contributed by atoms with Gasteiger partial charge in [0.05, 0.1) is 6.26 Å². The van der Waals surface area contributed by atoms with E-state index in [1.165, 1.54) is 10.6 Å². The SMILES string of the molecule is CNC1(C)N=CC=C(NC2CCN(S(C)(=O)=O)CC2)N1. The lowest BCUT2D eigenvalue weighted by Crippen LogP contribution is -2.56. The highest BCUT2D eigenvalue weighted by atomic mass is 32.2. The summed E-state index contributed by atoms with van der Waals surface area (Å²) in [4.78, 5) is 4.32. The average molecular weight is 301 g/mol. The fourth-order valence-electron chi connectivity index (χ4n) is 2.36. The fourth-order valence-corrected chi connectivity index (χ4v) is 3.23. The number of hydrogen-bond acceptors (Lipinski definition) is 6. The lowest BCUT2D eigenvalue weighted by Gasteiger charge is -2.35. The van der Waals surface area contributed by atoms with Crippen LogP contribution < -0.4 is 16.0 Å². The van der Waals surface area contributed by atoms with Crippen LogP contribution in [-0.2, 0) is 10.0 Å². The van der Waals surface area contributed by atoms with E-state index in [0.29, 0.717) is 13.1 Å². The molecule has 3 N–H and O–H groups in total. The van der Waals surface area contributed by atoms with E-state index in [2.05, 4.69) is 20.9 Å². The smallest absolute Gasteiger partial charge is 0.211 e. The Balaban J connectivity index is 1.88. The topological polar surface area (TPSA) is 85.8 Å². The van der Waals surface area contributed by atoms with Gasteiger partial charge in [-0.25, -0.2) is 12.7 Å². The second kappa shape index (κ2) is 5.71. The summed E-state index contributed by atoms with van der Waals surface area (Å²) in [5.41, 5.74) is 0. The van der Waals surface area contributed by atoms with E-state index in [0.717, 1.165) is 18.7 Å². The Morgan fingerprint density at radius 2 is 2.10 bits per heavy atom. The molecule has 0 bridgehead atoms. The maximum absolute atomic E-state index is 11.5. The molecule has 0 amide bonds. The number of nitrogens with zero attached hydrogens (tertiary/aromatic N) is 2. The molecule has 0 saturated carbocycles. The molecule has 2 aliphatic rings. The van der Waals surface area contributed by atoms with Crippen molar-refractivity contribution in [3.05, 3.63) is 11.9 Å². The van der Waals surface area contributed by atoms with Crippen LogP contribution in [0.3, 0.4) is 0 Å². The first-order chi connectivity index (χ1) is 9.32. The van der Waals surface area contributed by atoms with Crippen LogP contribution in [0.15, 0.2) is 16.9 Å². The zero-order valence-electron chi connectivity index (χ0n) is 12.2. The number of nitrogens with one attached hydrogen (secondary N) is 3.